The molecule has 0 spiro atoms. The standard InChI is InChI=1S/C18H27ClN2O.C2H2O4/c1-14-11-21(12-15(2)22-14)17-7-9-20(10-8-17)13-16-5-3-4-6-18(16)19;3-1(4)2(5)6/h3-6,14-15,17H,7-13H2,1-2H3;(H,3,4)(H,5,6). The van der Waals surface area contributed by atoms with E-state index >= 15 is 0 Å². The molecule has 2 aliphatic rings. The highest BCUT2D eigenvalue weighted by Crippen LogP contribution is 2.24. The van der Waals surface area contributed by atoms with Crippen molar-refractivity contribution in [2.75, 3.05) is 26.2 Å². The quantitative estimate of drug-likeness (QED) is 0.737. The van der Waals surface area contributed by atoms with E-state index in [2.05, 4.69) is 35.8 Å². The lowest BCUT2D eigenvalue weighted by Gasteiger charge is -2.43. The topological polar surface area (TPSA) is 90.3 Å². The predicted octanol–water partition coefficient (Wildman–Crippen LogP) is 2.57. The van der Waals surface area contributed by atoms with Crippen molar-refractivity contribution in [1.29, 1.82) is 0 Å². The molecular weight excluding hydrogens is 384 g/mol. The molecule has 2 heterocycles. The van der Waals surface area contributed by atoms with Gasteiger partial charge in [0.15, 0.2) is 0 Å². The highest BCUT2D eigenvalue weighted by atomic mass is 35.5. The summed E-state index contributed by atoms with van der Waals surface area (Å²) in [4.78, 5) is 23.4. The van der Waals surface area contributed by atoms with Crippen LogP contribution in [0, 0.1) is 0 Å². The van der Waals surface area contributed by atoms with Crippen molar-refractivity contribution >= 4 is 23.5 Å². The first kappa shape index (κ1) is 22.6. The van der Waals surface area contributed by atoms with Gasteiger partial charge in [-0.05, 0) is 51.4 Å². The Bertz CT molecular complexity index is 642. The molecule has 1 aromatic carbocycles. The van der Waals surface area contributed by atoms with Crippen LogP contribution in [0.25, 0.3) is 0 Å². The number of hydrogen-bond acceptors (Lipinski definition) is 5. The Labute approximate surface area is 170 Å². The van der Waals surface area contributed by atoms with Crippen LogP contribution in [0.4, 0.5) is 0 Å². The Balaban J connectivity index is 0.000000409. The number of morpholine rings is 1. The molecule has 2 fully saturated rings. The number of aliphatic carboxylic acids is 2. The monoisotopic (exact) mass is 412 g/mol. The summed E-state index contributed by atoms with van der Waals surface area (Å²) in [5.74, 6) is -3.65. The molecule has 0 aliphatic carbocycles. The van der Waals surface area contributed by atoms with Crippen molar-refractivity contribution < 1.29 is 24.5 Å². The molecule has 0 amide bonds. The van der Waals surface area contributed by atoms with Gasteiger partial charge in [-0.3, -0.25) is 9.80 Å². The van der Waals surface area contributed by atoms with Gasteiger partial charge in [-0.2, -0.15) is 0 Å². The smallest absolute Gasteiger partial charge is 0.414 e. The summed E-state index contributed by atoms with van der Waals surface area (Å²) >= 11 is 6.28. The zero-order valence-electron chi connectivity index (χ0n) is 16.4. The Kier molecular flexibility index (Phi) is 8.69. The zero-order chi connectivity index (χ0) is 20.7. The maximum atomic E-state index is 9.10. The molecule has 7 nitrogen and oxygen atoms in total. The minimum Gasteiger partial charge on any atom is -0.473 e. The minimum atomic E-state index is -1.82. The van der Waals surface area contributed by atoms with Crippen LogP contribution in [0.3, 0.4) is 0 Å². The molecule has 156 valence electrons. The van der Waals surface area contributed by atoms with Crippen LogP contribution < -0.4 is 0 Å². The fourth-order valence-electron chi connectivity index (χ4n) is 3.83. The first-order valence-corrected chi connectivity index (χ1v) is 9.95. The van der Waals surface area contributed by atoms with Crippen LogP contribution >= 0.6 is 11.6 Å². The lowest BCUT2D eigenvalue weighted by atomic mass is 10.0. The second kappa shape index (κ2) is 10.8. The summed E-state index contributed by atoms with van der Waals surface area (Å²) < 4.78 is 5.85. The van der Waals surface area contributed by atoms with Crippen molar-refractivity contribution in [3.8, 4) is 0 Å². The molecular formula is C20H29ClN2O5. The summed E-state index contributed by atoms with van der Waals surface area (Å²) in [5.41, 5.74) is 1.25. The van der Waals surface area contributed by atoms with Gasteiger partial charge in [0.1, 0.15) is 0 Å². The van der Waals surface area contributed by atoms with Gasteiger partial charge < -0.3 is 14.9 Å². The SMILES string of the molecule is CC1CN(C2CCN(Cc3ccccc3Cl)CC2)CC(C)O1.O=C(O)C(=O)O. The van der Waals surface area contributed by atoms with E-state index in [9.17, 15) is 0 Å². The number of nitrogens with zero attached hydrogens (tertiary/aromatic N) is 2. The molecule has 0 aromatic heterocycles. The number of carbonyl (C=O) groups is 2. The van der Waals surface area contributed by atoms with E-state index < -0.39 is 11.9 Å². The number of piperidine rings is 1. The lowest BCUT2D eigenvalue weighted by molar-refractivity contribution is -0.159. The van der Waals surface area contributed by atoms with Gasteiger partial charge in [-0.25, -0.2) is 9.59 Å². The number of benzene rings is 1. The number of ether oxygens (including phenoxy) is 1. The maximum absolute atomic E-state index is 9.10. The molecule has 2 aliphatic heterocycles. The van der Waals surface area contributed by atoms with Crippen molar-refractivity contribution in [2.45, 2.75) is 51.5 Å². The lowest BCUT2D eigenvalue weighted by Crippen LogP contribution is -2.53. The van der Waals surface area contributed by atoms with Gasteiger partial charge in [0.25, 0.3) is 0 Å². The largest absolute Gasteiger partial charge is 0.473 e. The van der Waals surface area contributed by atoms with Crippen LogP contribution in [-0.2, 0) is 20.9 Å². The van der Waals surface area contributed by atoms with Crippen LogP contribution in [0.5, 0.6) is 0 Å². The number of halogens is 1. The molecule has 8 heteroatoms. The van der Waals surface area contributed by atoms with Crippen LogP contribution in [-0.4, -0.2) is 76.4 Å². The van der Waals surface area contributed by atoms with Crippen LogP contribution in [0.15, 0.2) is 24.3 Å². The Morgan fingerprint density at radius 3 is 2.11 bits per heavy atom. The van der Waals surface area contributed by atoms with E-state index in [4.69, 9.17) is 36.1 Å². The van der Waals surface area contributed by atoms with Gasteiger partial charge in [0.05, 0.1) is 12.2 Å². The third-order valence-electron chi connectivity index (χ3n) is 5.06. The molecule has 1 aromatic rings. The first-order chi connectivity index (χ1) is 13.3. The second-order valence-electron chi connectivity index (χ2n) is 7.42. The molecule has 0 bridgehead atoms. The van der Waals surface area contributed by atoms with Gasteiger partial charge in [0.2, 0.25) is 0 Å². The number of likely N-dealkylation sites (tertiary alicyclic amines) is 1. The Morgan fingerprint density at radius 1 is 1.07 bits per heavy atom. The van der Waals surface area contributed by atoms with Crippen LogP contribution in [0.2, 0.25) is 5.02 Å². The summed E-state index contributed by atoms with van der Waals surface area (Å²) in [6.45, 7) is 9.84. The molecule has 2 saturated heterocycles. The molecule has 0 radical (unpaired) electrons. The number of carboxylic acids is 2. The maximum Gasteiger partial charge on any atom is 0.414 e. The normalized spacial score (nSPS) is 24.2. The molecule has 2 N–H and O–H groups in total. The van der Waals surface area contributed by atoms with E-state index in [1.165, 1.54) is 18.4 Å². The number of rotatable bonds is 3. The summed E-state index contributed by atoms with van der Waals surface area (Å²) in [6, 6.07) is 8.92. The number of carboxylic acid groups (broad SMARTS) is 2. The Morgan fingerprint density at radius 2 is 1.61 bits per heavy atom. The Hall–Kier alpha value is -1.67. The predicted molar refractivity (Wildman–Crippen MR) is 107 cm³/mol. The van der Waals surface area contributed by atoms with Crippen molar-refractivity contribution in [2.24, 2.45) is 0 Å². The van der Waals surface area contributed by atoms with Crippen molar-refractivity contribution in [3.05, 3.63) is 34.9 Å². The summed E-state index contributed by atoms with van der Waals surface area (Å²) in [5, 5.41) is 15.7. The molecule has 2 atom stereocenters. The summed E-state index contributed by atoms with van der Waals surface area (Å²) in [7, 11) is 0. The molecule has 0 saturated carbocycles. The molecule has 2 unspecified atom stereocenters. The molecule has 3 rings (SSSR count). The van der Waals surface area contributed by atoms with Gasteiger partial charge in [0, 0.05) is 30.7 Å². The first-order valence-electron chi connectivity index (χ1n) is 9.57. The highest BCUT2D eigenvalue weighted by Gasteiger charge is 2.30. The van der Waals surface area contributed by atoms with Crippen molar-refractivity contribution in [1.82, 2.24) is 9.80 Å². The molecule has 28 heavy (non-hydrogen) atoms. The number of hydrogen-bond donors (Lipinski definition) is 2. The fraction of sp³-hybridized carbons (Fsp3) is 0.600. The van der Waals surface area contributed by atoms with Gasteiger partial charge >= 0.3 is 11.9 Å². The van der Waals surface area contributed by atoms with E-state index in [0.29, 0.717) is 12.2 Å². The van der Waals surface area contributed by atoms with Crippen LogP contribution in [0.1, 0.15) is 32.3 Å². The fourth-order valence-corrected chi connectivity index (χ4v) is 4.02. The average Bonchev–Trinajstić information content (AvgIpc) is 2.64. The third-order valence-corrected chi connectivity index (χ3v) is 5.42. The van der Waals surface area contributed by atoms with E-state index in [-0.39, 0.29) is 0 Å². The van der Waals surface area contributed by atoms with E-state index in [1.54, 1.807) is 0 Å². The van der Waals surface area contributed by atoms with Gasteiger partial charge in [-0.1, -0.05) is 29.8 Å². The minimum absolute atomic E-state index is 0.366. The highest BCUT2D eigenvalue weighted by molar-refractivity contribution is 6.31. The van der Waals surface area contributed by atoms with Gasteiger partial charge in [-0.15, -0.1) is 0 Å². The summed E-state index contributed by atoms with van der Waals surface area (Å²) in [6.07, 6.45) is 3.24. The van der Waals surface area contributed by atoms with E-state index in [1.807, 2.05) is 12.1 Å². The second-order valence-corrected chi connectivity index (χ2v) is 7.83. The average molecular weight is 413 g/mol. The van der Waals surface area contributed by atoms with E-state index in [0.717, 1.165) is 43.8 Å². The van der Waals surface area contributed by atoms with Crippen molar-refractivity contribution in [3.63, 3.8) is 0 Å². The zero-order valence-corrected chi connectivity index (χ0v) is 17.1. The third kappa shape index (κ3) is 7.05.